The zero-order valence-electron chi connectivity index (χ0n) is 23.5. The van der Waals surface area contributed by atoms with Crippen LogP contribution in [0.1, 0.15) is 132 Å². The van der Waals surface area contributed by atoms with Gasteiger partial charge in [0.25, 0.3) is 0 Å². The molecule has 0 saturated carbocycles. The summed E-state index contributed by atoms with van der Waals surface area (Å²) in [5, 5.41) is 0. The average Bonchev–Trinajstić information content (AvgIpc) is 2.14. The Morgan fingerprint density at radius 2 is 0.393 bits per heavy atom. The van der Waals surface area contributed by atoms with E-state index in [1.54, 1.807) is 5.92 Å². The van der Waals surface area contributed by atoms with Crippen LogP contribution >= 0.6 is 0 Å². The van der Waals surface area contributed by atoms with E-state index in [9.17, 15) is 0 Å². The molecule has 0 nitrogen and oxygen atoms in total. The number of rotatable bonds is 2. The molecular weight excluding hydrogens is 336 g/mol. The van der Waals surface area contributed by atoms with Gasteiger partial charge in [-0.3, -0.25) is 0 Å². The second-order valence-electron chi connectivity index (χ2n) is 15.6. The molecule has 0 bridgehead atoms. The van der Waals surface area contributed by atoms with Gasteiger partial charge in [0.1, 0.15) is 0 Å². The van der Waals surface area contributed by atoms with Gasteiger partial charge in [-0.2, -0.15) is 0 Å². The van der Waals surface area contributed by atoms with Crippen molar-refractivity contribution in [2.24, 2.45) is 43.3 Å². The Balaban J connectivity index is 7.83. The molecule has 0 aliphatic carbocycles. The van der Waals surface area contributed by atoms with Crippen molar-refractivity contribution in [3.63, 3.8) is 0 Å². The SMILES string of the molecule is C[C](C(C(C)(C)C)(C(C)(C)C)C(C)(C)C)C(C(C)(C)C)(C(C)(C)C)C(C)(C)C. The molecule has 0 aromatic rings. The summed E-state index contributed by atoms with van der Waals surface area (Å²) in [6.07, 6.45) is 0. The molecular formula is C28H57. The lowest BCUT2D eigenvalue weighted by Gasteiger charge is -2.74. The first-order valence-corrected chi connectivity index (χ1v) is 11.5. The Morgan fingerprint density at radius 3 is 0.464 bits per heavy atom. The van der Waals surface area contributed by atoms with E-state index in [0.717, 1.165) is 0 Å². The van der Waals surface area contributed by atoms with Gasteiger partial charge in [-0.1, -0.05) is 132 Å². The van der Waals surface area contributed by atoms with Crippen LogP contribution in [-0.4, -0.2) is 0 Å². The number of hydrogen-bond acceptors (Lipinski definition) is 0. The molecule has 28 heavy (non-hydrogen) atoms. The molecule has 169 valence electrons. The minimum absolute atomic E-state index is 0.0425. The monoisotopic (exact) mass is 393 g/mol. The van der Waals surface area contributed by atoms with Gasteiger partial charge in [0.15, 0.2) is 0 Å². The Morgan fingerprint density at radius 1 is 0.286 bits per heavy atom. The van der Waals surface area contributed by atoms with Crippen LogP contribution in [0.5, 0.6) is 0 Å². The predicted molar refractivity (Wildman–Crippen MR) is 131 cm³/mol. The third kappa shape index (κ3) is 3.73. The van der Waals surface area contributed by atoms with Crippen molar-refractivity contribution in [2.45, 2.75) is 132 Å². The predicted octanol–water partition coefficient (Wildman–Crippen LogP) is 9.83. The van der Waals surface area contributed by atoms with Gasteiger partial charge >= 0.3 is 0 Å². The normalized spacial score (nSPS) is 16.7. The number of hydrogen-bond donors (Lipinski definition) is 0. The van der Waals surface area contributed by atoms with Crippen molar-refractivity contribution in [3.8, 4) is 0 Å². The Labute approximate surface area is 181 Å². The van der Waals surface area contributed by atoms with Crippen LogP contribution < -0.4 is 0 Å². The molecule has 0 aliphatic rings. The minimum Gasteiger partial charge on any atom is -0.0596 e. The van der Waals surface area contributed by atoms with Crippen LogP contribution in [0.4, 0.5) is 0 Å². The zero-order valence-corrected chi connectivity index (χ0v) is 23.5. The van der Waals surface area contributed by atoms with Crippen LogP contribution in [0.15, 0.2) is 0 Å². The van der Waals surface area contributed by atoms with Gasteiger partial charge in [0, 0.05) is 0 Å². The fraction of sp³-hybridized carbons (Fsp3) is 0.964. The fourth-order valence-electron chi connectivity index (χ4n) is 10.4. The quantitative estimate of drug-likeness (QED) is 0.438. The first-order chi connectivity index (χ1) is 11.7. The maximum atomic E-state index is 2.53. The van der Waals surface area contributed by atoms with Crippen LogP contribution in [0.2, 0.25) is 0 Å². The van der Waals surface area contributed by atoms with Crippen LogP contribution in [0, 0.1) is 49.2 Å². The Hall–Kier alpha value is 0. The fourth-order valence-corrected chi connectivity index (χ4v) is 10.4. The lowest BCUT2D eigenvalue weighted by atomic mass is 9.30. The Bertz CT molecular complexity index is 395. The molecule has 0 heterocycles. The smallest absolute Gasteiger partial charge is 0.00864 e. The summed E-state index contributed by atoms with van der Waals surface area (Å²) >= 11 is 0. The van der Waals surface area contributed by atoms with Gasteiger partial charge in [0.05, 0.1) is 0 Å². The topological polar surface area (TPSA) is 0 Å². The summed E-state index contributed by atoms with van der Waals surface area (Å²) in [6, 6.07) is 0. The summed E-state index contributed by atoms with van der Waals surface area (Å²) in [4.78, 5) is 0. The van der Waals surface area contributed by atoms with Gasteiger partial charge in [0.2, 0.25) is 0 Å². The van der Waals surface area contributed by atoms with Gasteiger partial charge in [-0.05, 0) is 49.2 Å². The molecule has 0 aliphatic heterocycles. The lowest BCUT2D eigenvalue weighted by Crippen LogP contribution is -2.68. The van der Waals surface area contributed by atoms with Crippen LogP contribution in [0.25, 0.3) is 0 Å². The molecule has 0 saturated heterocycles. The zero-order chi connectivity index (χ0) is 23.6. The second kappa shape index (κ2) is 7.02. The van der Waals surface area contributed by atoms with Crippen molar-refractivity contribution in [1.82, 2.24) is 0 Å². The minimum atomic E-state index is 0.0425. The van der Waals surface area contributed by atoms with Crippen molar-refractivity contribution >= 4 is 0 Å². The highest BCUT2D eigenvalue weighted by Crippen LogP contribution is 2.77. The molecule has 0 amide bonds. The van der Waals surface area contributed by atoms with E-state index < -0.39 is 0 Å². The van der Waals surface area contributed by atoms with Crippen LogP contribution in [0.3, 0.4) is 0 Å². The van der Waals surface area contributed by atoms with Gasteiger partial charge in [-0.25, -0.2) is 0 Å². The summed E-state index contributed by atoms with van der Waals surface area (Å²) in [5.41, 5.74) is 0.838. The maximum absolute atomic E-state index is 2.53. The van der Waals surface area contributed by atoms with Crippen molar-refractivity contribution in [3.05, 3.63) is 5.92 Å². The van der Waals surface area contributed by atoms with Crippen LogP contribution in [-0.2, 0) is 0 Å². The largest absolute Gasteiger partial charge is 0.0596 e. The van der Waals surface area contributed by atoms with Crippen molar-refractivity contribution < 1.29 is 0 Å². The summed E-state index contributed by atoms with van der Waals surface area (Å²) in [6.45, 7) is 47.1. The molecule has 1 radical (unpaired) electrons. The molecule has 0 rings (SSSR count). The van der Waals surface area contributed by atoms with E-state index in [1.165, 1.54) is 0 Å². The van der Waals surface area contributed by atoms with E-state index in [2.05, 4.69) is 132 Å². The molecule has 0 aromatic heterocycles. The third-order valence-electron chi connectivity index (χ3n) is 7.88. The van der Waals surface area contributed by atoms with E-state index in [1.807, 2.05) is 0 Å². The maximum Gasteiger partial charge on any atom is -0.00864 e. The highest BCUT2D eigenvalue weighted by molar-refractivity contribution is 5.31. The first kappa shape index (κ1) is 28.0. The van der Waals surface area contributed by atoms with E-state index >= 15 is 0 Å². The molecule has 0 spiro atoms. The van der Waals surface area contributed by atoms with E-state index in [-0.39, 0.29) is 43.3 Å². The van der Waals surface area contributed by atoms with Crippen molar-refractivity contribution in [1.29, 1.82) is 0 Å². The summed E-state index contributed by atoms with van der Waals surface area (Å²) < 4.78 is 0. The highest BCUT2D eigenvalue weighted by Gasteiger charge is 2.71. The highest BCUT2D eigenvalue weighted by atomic mass is 14.7. The molecule has 0 unspecified atom stereocenters. The van der Waals surface area contributed by atoms with Gasteiger partial charge in [-0.15, -0.1) is 0 Å². The standard InChI is InChI=1S/C28H57/c1-20(27(21(2,3)4,22(5,6)7)23(8,9)10)28(24(11,12)13,25(14,15)16)26(17,18)19/h1-19H3. The molecule has 0 N–H and O–H groups in total. The van der Waals surface area contributed by atoms with Gasteiger partial charge < -0.3 is 0 Å². The van der Waals surface area contributed by atoms with E-state index in [4.69, 9.17) is 0 Å². The molecule has 0 heteroatoms. The Kier molecular flexibility index (Phi) is 7.02. The lowest BCUT2D eigenvalue weighted by molar-refractivity contribution is -0.194. The summed E-state index contributed by atoms with van der Waals surface area (Å²) in [7, 11) is 0. The third-order valence-corrected chi connectivity index (χ3v) is 7.88. The molecule has 0 atom stereocenters. The first-order valence-electron chi connectivity index (χ1n) is 11.5. The summed E-state index contributed by atoms with van der Waals surface area (Å²) in [5.74, 6) is 1.69. The average molecular weight is 394 g/mol. The second-order valence-corrected chi connectivity index (χ2v) is 15.6. The van der Waals surface area contributed by atoms with E-state index in [0.29, 0.717) is 0 Å². The molecule has 0 aromatic carbocycles. The molecule has 0 fully saturated rings. The van der Waals surface area contributed by atoms with Crippen molar-refractivity contribution in [2.75, 3.05) is 0 Å².